The van der Waals surface area contributed by atoms with E-state index in [1.807, 2.05) is 49.1 Å². The van der Waals surface area contributed by atoms with Gasteiger partial charge in [0.2, 0.25) is 16.0 Å². The van der Waals surface area contributed by atoms with Gasteiger partial charge in [0.25, 0.3) is 5.91 Å². The number of carbonyl (C=O) groups excluding carboxylic acids is 1. The van der Waals surface area contributed by atoms with E-state index in [9.17, 15) is 13.2 Å². The lowest BCUT2D eigenvalue weighted by Gasteiger charge is -2.28. The van der Waals surface area contributed by atoms with Crippen molar-refractivity contribution in [2.75, 3.05) is 30.1 Å². The van der Waals surface area contributed by atoms with E-state index in [2.05, 4.69) is 56.4 Å². The lowest BCUT2D eigenvalue weighted by atomic mass is 9.91. The summed E-state index contributed by atoms with van der Waals surface area (Å²) in [4.78, 5) is 28.4. The number of nitrogens with zero attached hydrogens (tertiary/aromatic N) is 4. The van der Waals surface area contributed by atoms with Gasteiger partial charge in [0, 0.05) is 54.0 Å². The lowest BCUT2D eigenvalue weighted by Crippen LogP contribution is -2.38. The molecule has 0 unspecified atom stereocenters. The Morgan fingerprint density at radius 1 is 1.05 bits per heavy atom. The summed E-state index contributed by atoms with van der Waals surface area (Å²) < 4.78 is 26.4. The second-order valence-electron chi connectivity index (χ2n) is 11.2. The first-order valence-electron chi connectivity index (χ1n) is 13.3. The van der Waals surface area contributed by atoms with Gasteiger partial charge in [-0.2, -0.15) is 4.98 Å². The molecule has 0 saturated carbocycles. The van der Waals surface area contributed by atoms with E-state index in [1.165, 1.54) is 18.8 Å². The van der Waals surface area contributed by atoms with Crippen molar-refractivity contribution in [3.8, 4) is 0 Å². The van der Waals surface area contributed by atoms with Crippen molar-refractivity contribution >= 4 is 39.1 Å². The van der Waals surface area contributed by atoms with E-state index >= 15 is 0 Å². The van der Waals surface area contributed by atoms with E-state index in [0.29, 0.717) is 30.4 Å². The van der Waals surface area contributed by atoms with Crippen LogP contribution in [0.2, 0.25) is 0 Å². The Hall–Kier alpha value is -3.61. The van der Waals surface area contributed by atoms with Crippen molar-refractivity contribution in [3.63, 3.8) is 0 Å². The second-order valence-corrected chi connectivity index (χ2v) is 13.1. The zero-order chi connectivity index (χ0) is 29.1. The highest BCUT2D eigenvalue weighted by molar-refractivity contribution is 7.89. The molecular formula is C28H38N8O3S. The highest BCUT2D eigenvalue weighted by Gasteiger charge is 2.22. The third-order valence-electron chi connectivity index (χ3n) is 6.46. The number of hydrogen-bond acceptors (Lipinski definition) is 9. The average molecular weight is 567 g/mol. The van der Waals surface area contributed by atoms with E-state index in [4.69, 9.17) is 0 Å². The van der Waals surface area contributed by atoms with Gasteiger partial charge in [-0.3, -0.25) is 14.7 Å². The molecule has 1 amide bonds. The second kappa shape index (κ2) is 11.9. The zero-order valence-corrected chi connectivity index (χ0v) is 24.7. The number of nitrogens with one attached hydrogen (secondary N) is 4. The van der Waals surface area contributed by atoms with Crippen LogP contribution >= 0.6 is 0 Å². The summed E-state index contributed by atoms with van der Waals surface area (Å²) in [7, 11) is -1.92. The monoisotopic (exact) mass is 566 g/mol. The fraction of sp³-hybridized carbons (Fsp3) is 0.429. The van der Waals surface area contributed by atoms with Gasteiger partial charge in [-0.25, -0.2) is 18.1 Å². The van der Waals surface area contributed by atoms with Crippen LogP contribution in [0.15, 0.2) is 42.7 Å². The molecule has 40 heavy (non-hydrogen) atoms. The first kappa shape index (κ1) is 29.4. The number of amides is 1. The van der Waals surface area contributed by atoms with E-state index < -0.39 is 10.0 Å². The molecule has 4 rings (SSSR count). The Labute approximate surface area is 236 Å². The smallest absolute Gasteiger partial charge is 0.256 e. The van der Waals surface area contributed by atoms with Gasteiger partial charge in [0.05, 0.1) is 0 Å². The maximum absolute atomic E-state index is 13.0. The number of benzene rings is 1. The third kappa shape index (κ3) is 7.52. The highest BCUT2D eigenvalue weighted by atomic mass is 32.2. The van der Waals surface area contributed by atoms with Crippen LogP contribution in [-0.4, -0.2) is 59.7 Å². The fourth-order valence-electron chi connectivity index (χ4n) is 4.34. The molecule has 0 spiro atoms. The Kier molecular flexibility index (Phi) is 8.71. The summed E-state index contributed by atoms with van der Waals surface area (Å²) >= 11 is 0. The maximum atomic E-state index is 13.0. The number of sulfonamides is 1. The Morgan fingerprint density at radius 2 is 1.80 bits per heavy atom. The molecule has 0 radical (unpaired) electrons. The molecule has 1 aromatic carbocycles. The van der Waals surface area contributed by atoms with Gasteiger partial charge in [-0.15, -0.1) is 0 Å². The normalized spacial score (nSPS) is 14.1. The molecule has 0 saturated heterocycles. The summed E-state index contributed by atoms with van der Waals surface area (Å²) in [5.41, 5.74) is 4.83. The SMILES string of the molecule is CNS(=O)(=O)CN1CCc2ccc(Nc3ncc(C(=O)NC(C)C)c(Nc4ccnc(C(C)(C)C)c4)n3)cc2C1. The average Bonchev–Trinajstić information content (AvgIpc) is 2.88. The topological polar surface area (TPSA) is 141 Å². The van der Waals surface area contributed by atoms with Crippen LogP contribution in [0.3, 0.4) is 0 Å². The molecule has 0 aliphatic carbocycles. The minimum absolute atomic E-state index is 0.0510. The van der Waals surface area contributed by atoms with Crippen molar-refractivity contribution in [2.45, 2.75) is 59.0 Å². The van der Waals surface area contributed by atoms with E-state index in [0.717, 1.165) is 29.1 Å². The molecule has 2 aromatic heterocycles. The number of anilines is 4. The fourth-order valence-corrected chi connectivity index (χ4v) is 5.17. The largest absolute Gasteiger partial charge is 0.350 e. The van der Waals surface area contributed by atoms with Crippen LogP contribution < -0.4 is 20.7 Å². The number of hydrogen-bond donors (Lipinski definition) is 4. The van der Waals surface area contributed by atoms with Crippen LogP contribution in [0.1, 0.15) is 61.8 Å². The standard InChI is InChI=1S/C28H38N8O3S/c1-18(2)32-26(37)23-15-31-27(35-25(23)33-22-9-11-30-24(14-22)28(3,4)5)34-21-8-7-19-10-12-36(16-20(19)13-21)17-40(38,39)29-6/h7-9,11,13-15,18,29H,10,12,16-17H2,1-6H3,(H,32,37)(H2,30,31,33,34,35). The summed E-state index contributed by atoms with van der Waals surface area (Å²) in [6.45, 7) is 11.2. The van der Waals surface area contributed by atoms with Crippen molar-refractivity contribution in [1.29, 1.82) is 0 Å². The first-order valence-corrected chi connectivity index (χ1v) is 14.9. The van der Waals surface area contributed by atoms with Crippen LogP contribution in [-0.2, 0) is 28.4 Å². The van der Waals surface area contributed by atoms with Crippen LogP contribution in [0.5, 0.6) is 0 Å². The first-order chi connectivity index (χ1) is 18.8. The Balaban J connectivity index is 1.60. The number of pyridine rings is 1. The number of rotatable bonds is 9. The molecule has 11 nitrogen and oxygen atoms in total. The number of carbonyl (C=O) groups is 1. The molecule has 3 heterocycles. The van der Waals surface area contributed by atoms with Gasteiger partial charge in [-0.1, -0.05) is 26.8 Å². The third-order valence-corrected chi connectivity index (χ3v) is 7.79. The van der Waals surface area contributed by atoms with Crippen molar-refractivity contribution in [2.24, 2.45) is 0 Å². The molecule has 0 fully saturated rings. The Morgan fingerprint density at radius 3 is 2.50 bits per heavy atom. The molecule has 0 atom stereocenters. The predicted molar refractivity (Wildman–Crippen MR) is 158 cm³/mol. The van der Waals surface area contributed by atoms with Gasteiger partial charge in [0.15, 0.2) is 0 Å². The summed E-state index contributed by atoms with van der Waals surface area (Å²) in [5, 5.41) is 9.43. The van der Waals surface area contributed by atoms with Crippen molar-refractivity contribution < 1.29 is 13.2 Å². The summed E-state index contributed by atoms with van der Waals surface area (Å²) in [5.74, 6) is 0.353. The molecule has 12 heteroatoms. The van der Waals surface area contributed by atoms with Crippen LogP contribution in [0.4, 0.5) is 23.1 Å². The predicted octanol–water partition coefficient (Wildman–Crippen LogP) is 3.66. The summed E-state index contributed by atoms with van der Waals surface area (Å²) in [6, 6.07) is 9.70. The zero-order valence-electron chi connectivity index (χ0n) is 23.9. The molecule has 3 aromatic rings. The molecule has 214 valence electrons. The molecule has 4 N–H and O–H groups in total. The number of aromatic nitrogens is 3. The molecule has 0 bridgehead atoms. The van der Waals surface area contributed by atoms with Crippen molar-refractivity contribution in [3.05, 3.63) is 65.1 Å². The minimum Gasteiger partial charge on any atom is -0.350 e. The molecular weight excluding hydrogens is 528 g/mol. The van der Waals surface area contributed by atoms with Gasteiger partial charge < -0.3 is 16.0 Å². The minimum atomic E-state index is -3.34. The van der Waals surface area contributed by atoms with Crippen LogP contribution in [0.25, 0.3) is 0 Å². The van der Waals surface area contributed by atoms with Crippen molar-refractivity contribution in [1.82, 2.24) is 29.9 Å². The van der Waals surface area contributed by atoms with E-state index in [-0.39, 0.29) is 23.2 Å². The summed E-state index contributed by atoms with van der Waals surface area (Å²) in [6.07, 6.45) is 4.00. The van der Waals surface area contributed by atoms with E-state index in [1.54, 1.807) is 6.20 Å². The molecule has 1 aliphatic heterocycles. The van der Waals surface area contributed by atoms with Gasteiger partial charge >= 0.3 is 0 Å². The Bertz CT molecular complexity index is 1490. The lowest BCUT2D eigenvalue weighted by molar-refractivity contribution is 0.0943. The van der Waals surface area contributed by atoms with Crippen LogP contribution in [0, 0.1) is 0 Å². The quantitative estimate of drug-likeness (QED) is 0.305. The van der Waals surface area contributed by atoms with Gasteiger partial charge in [-0.05, 0) is 62.7 Å². The van der Waals surface area contributed by atoms with Gasteiger partial charge in [0.1, 0.15) is 17.3 Å². The number of fused-ring (bicyclic) bond motifs is 1. The highest BCUT2D eigenvalue weighted by Crippen LogP contribution is 2.27. The maximum Gasteiger partial charge on any atom is 0.256 e. The molecule has 1 aliphatic rings.